The molecule has 1 amide bonds. The van der Waals surface area contributed by atoms with Crippen LogP contribution in [0.4, 0.5) is 0 Å². The molecule has 14 heavy (non-hydrogen) atoms. The first-order valence-electron chi connectivity index (χ1n) is 5.77. The summed E-state index contributed by atoms with van der Waals surface area (Å²) >= 11 is 0. The number of nitrogens with two attached hydrogens (primary N) is 1. The highest BCUT2D eigenvalue weighted by atomic mass is 16.2. The number of hydrogen-bond donors (Lipinski definition) is 2. The van der Waals surface area contributed by atoms with Crippen molar-refractivity contribution in [2.45, 2.75) is 38.6 Å². The molecule has 0 aromatic rings. The van der Waals surface area contributed by atoms with Crippen molar-refractivity contribution in [1.82, 2.24) is 5.32 Å². The lowest BCUT2D eigenvalue weighted by atomic mass is 10.1. The first-order chi connectivity index (χ1) is 6.74. The molecule has 3 heteroatoms. The van der Waals surface area contributed by atoms with E-state index in [1.165, 1.54) is 19.3 Å². The summed E-state index contributed by atoms with van der Waals surface area (Å²) in [5.41, 5.74) is 5.74. The summed E-state index contributed by atoms with van der Waals surface area (Å²) in [6, 6.07) is 0.123. The number of amides is 1. The smallest absolute Gasteiger partial charge is 0.223 e. The van der Waals surface area contributed by atoms with Crippen LogP contribution in [0.2, 0.25) is 0 Å². The van der Waals surface area contributed by atoms with E-state index in [9.17, 15) is 4.79 Å². The Labute approximate surface area is 85.4 Å². The summed E-state index contributed by atoms with van der Waals surface area (Å²) in [6.45, 7) is 2.69. The second kappa shape index (κ2) is 3.89. The van der Waals surface area contributed by atoms with E-state index in [4.69, 9.17) is 5.73 Å². The molecule has 3 atom stereocenters. The van der Waals surface area contributed by atoms with Gasteiger partial charge >= 0.3 is 0 Å². The van der Waals surface area contributed by atoms with E-state index in [2.05, 4.69) is 5.32 Å². The number of fused-ring (bicyclic) bond motifs is 1. The number of nitrogens with one attached hydrogen (secondary N) is 1. The second-order valence-electron chi connectivity index (χ2n) is 4.70. The molecule has 2 fully saturated rings. The molecule has 0 bridgehead atoms. The molecule has 2 aliphatic rings. The van der Waals surface area contributed by atoms with E-state index in [0.29, 0.717) is 24.3 Å². The van der Waals surface area contributed by atoms with E-state index in [1.54, 1.807) is 0 Å². The molecule has 3 unspecified atom stereocenters. The third-order valence-corrected chi connectivity index (χ3v) is 3.77. The quantitative estimate of drug-likeness (QED) is 0.701. The molecule has 0 spiro atoms. The highest BCUT2D eigenvalue weighted by Gasteiger charge is 2.56. The number of hydrogen-bond acceptors (Lipinski definition) is 2. The predicted molar refractivity (Wildman–Crippen MR) is 55.6 cm³/mol. The van der Waals surface area contributed by atoms with Crippen molar-refractivity contribution >= 4 is 5.91 Å². The Morgan fingerprint density at radius 1 is 1.50 bits per heavy atom. The van der Waals surface area contributed by atoms with Crippen LogP contribution in [0, 0.1) is 17.8 Å². The lowest BCUT2D eigenvalue weighted by molar-refractivity contribution is -0.123. The fraction of sp³-hybridized carbons (Fsp3) is 0.909. The maximum absolute atomic E-state index is 11.7. The largest absolute Gasteiger partial charge is 0.354 e. The fourth-order valence-electron chi connectivity index (χ4n) is 2.70. The van der Waals surface area contributed by atoms with Gasteiger partial charge in [0.1, 0.15) is 0 Å². The van der Waals surface area contributed by atoms with Crippen LogP contribution in [0.5, 0.6) is 0 Å². The molecule has 0 radical (unpaired) electrons. The van der Waals surface area contributed by atoms with Crippen molar-refractivity contribution in [3.05, 3.63) is 0 Å². The average Bonchev–Trinajstić information content (AvgIpc) is 2.68. The monoisotopic (exact) mass is 196 g/mol. The van der Waals surface area contributed by atoms with Crippen LogP contribution < -0.4 is 11.1 Å². The van der Waals surface area contributed by atoms with Gasteiger partial charge in [0.05, 0.1) is 0 Å². The van der Waals surface area contributed by atoms with Crippen LogP contribution in [-0.4, -0.2) is 18.5 Å². The van der Waals surface area contributed by atoms with Gasteiger partial charge in [0.15, 0.2) is 0 Å². The molecule has 3 N–H and O–H groups in total. The van der Waals surface area contributed by atoms with Gasteiger partial charge in [0.2, 0.25) is 5.91 Å². The Hall–Kier alpha value is -0.570. The van der Waals surface area contributed by atoms with E-state index < -0.39 is 0 Å². The van der Waals surface area contributed by atoms with Gasteiger partial charge in [-0.25, -0.2) is 0 Å². The first-order valence-corrected chi connectivity index (χ1v) is 5.77. The molecular formula is C11H20N2O. The van der Waals surface area contributed by atoms with Crippen LogP contribution in [0.1, 0.15) is 32.6 Å². The zero-order valence-corrected chi connectivity index (χ0v) is 8.83. The first kappa shape index (κ1) is 9.97. The highest BCUT2D eigenvalue weighted by Crippen LogP contribution is 2.57. The fourth-order valence-corrected chi connectivity index (χ4v) is 2.70. The third kappa shape index (κ3) is 1.78. The van der Waals surface area contributed by atoms with Crippen molar-refractivity contribution in [3.8, 4) is 0 Å². The lowest BCUT2D eigenvalue weighted by Crippen LogP contribution is -2.38. The summed E-state index contributed by atoms with van der Waals surface area (Å²) in [6.07, 6.45) is 4.79. The van der Waals surface area contributed by atoms with Gasteiger partial charge in [0, 0.05) is 18.5 Å². The Morgan fingerprint density at radius 3 is 2.71 bits per heavy atom. The van der Waals surface area contributed by atoms with E-state index in [1.807, 2.05) is 6.92 Å². The van der Waals surface area contributed by atoms with Gasteiger partial charge in [-0.15, -0.1) is 0 Å². The summed E-state index contributed by atoms with van der Waals surface area (Å²) in [5.74, 6) is 2.03. The molecule has 80 valence electrons. The van der Waals surface area contributed by atoms with Crippen LogP contribution in [0.3, 0.4) is 0 Å². The predicted octanol–water partition coefficient (Wildman–Crippen LogP) is 0.886. The summed E-state index contributed by atoms with van der Waals surface area (Å²) in [5, 5.41) is 2.96. The molecule has 0 aromatic carbocycles. The van der Waals surface area contributed by atoms with Crippen molar-refractivity contribution in [2.75, 3.05) is 6.54 Å². The van der Waals surface area contributed by atoms with Gasteiger partial charge in [-0.1, -0.05) is 13.3 Å². The Bertz CT molecular complexity index is 219. The Kier molecular flexibility index (Phi) is 2.77. The number of carbonyl (C=O) groups excluding carboxylic acids is 1. The second-order valence-corrected chi connectivity index (χ2v) is 4.70. The van der Waals surface area contributed by atoms with Gasteiger partial charge in [-0.3, -0.25) is 4.79 Å². The lowest BCUT2D eigenvalue weighted by Gasteiger charge is -2.10. The number of rotatable bonds is 4. The van der Waals surface area contributed by atoms with Crippen LogP contribution in [-0.2, 0) is 4.79 Å². The molecule has 0 aliphatic heterocycles. The normalized spacial score (nSPS) is 36.3. The van der Waals surface area contributed by atoms with Crippen LogP contribution in [0.15, 0.2) is 0 Å². The van der Waals surface area contributed by atoms with Gasteiger partial charge < -0.3 is 11.1 Å². The van der Waals surface area contributed by atoms with Gasteiger partial charge in [-0.05, 0) is 31.1 Å². The molecule has 0 aromatic heterocycles. The molecular weight excluding hydrogens is 176 g/mol. The van der Waals surface area contributed by atoms with Crippen molar-refractivity contribution in [3.63, 3.8) is 0 Å². The Balaban J connectivity index is 1.70. The number of carbonyl (C=O) groups is 1. The maximum atomic E-state index is 11.7. The zero-order valence-electron chi connectivity index (χ0n) is 8.83. The molecule has 3 nitrogen and oxygen atoms in total. The van der Waals surface area contributed by atoms with Gasteiger partial charge in [0.25, 0.3) is 0 Å². The molecule has 0 heterocycles. The van der Waals surface area contributed by atoms with Crippen LogP contribution in [0.25, 0.3) is 0 Å². The van der Waals surface area contributed by atoms with E-state index in [0.717, 1.165) is 6.42 Å². The van der Waals surface area contributed by atoms with Gasteiger partial charge in [-0.2, -0.15) is 0 Å². The third-order valence-electron chi connectivity index (χ3n) is 3.77. The summed E-state index contributed by atoms with van der Waals surface area (Å²) in [4.78, 5) is 11.7. The summed E-state index contributed by atoms with van der Waals surface area (Å²) in [7, 11) is 0. The molecule has 2 aliphatic carbocycles. The SMILES string of the molecule is CCC(N)CNC(=O)C1C2CCCC21. The highest BCUT2D eigenvalue weighted by molar-refractivity contribution is 5.82. The van der Waals surface area contributed by atoms with E-state index in [-0.39, 0.29) is 11.9 Å². The Morgan fingerprint density at radius 2 is 2.14 bits per heavy atom. The standard InChI is InChI=1S/C11H20N2O/c1-2-7(12)6-13-11(14)10-8-4-3-5-9(8)10/h7-10H,2-6,12H2,1H3,(H,13,14). The van der Waals surface area contributed by atoms with E-state index >= 15 is 0 Å². The minimum atomic E-state index is 0.123. The van der Waals surface area contributed by atoms with Crippen molar-refractivity contribution in [2.24, 2.45) is 23.5 Å². The molecule has 2 saturated carbocycles. The zero-order chi connectivity index (χ0) is 10.1. The molecule has 2 rings (SSSR count). The maximum Gasteiger partial charge on any atom is 0.223 e. The van der Waals surface area contributed by atoms with Crippen LogP contribution >= 0.6 is 0 Å². The minimum Gasteiger partial charge on any atom is -0.354 e. The van der Waals surface area contributed by atoms with Crippen molar-refractivity contribution < 1.29 is 4.79 Å². The summed E-state index contributed by atoms with van der Waals surface area (Å²) < 4.78 is 0. The van der Waals surface area contributed by atoms with Crippen molar-refractivity contribution in [1.29, 1.82) is 0 Å². The molecule has 0 saturated heterocycles. The topological polar surface area (TPSA) is 55.1 Å². The minimum absolute atomic E-state index is 0.123. The average molecular weight is 196 g/mol.